The summed E-state index contributed by atoms with van der Waals surface area (Å²) in [5, 5.41) is 2.54. The van der Waals surface area contributed by atoms with Gasteiger partial charge >= 0.3 is 6.09 Å². The minimum absolute atomic E-state index is 0.352. The molecule has 0 aromatic rings. The molecule has 0 spiro atoms. The Kier molecular flexibility index (Phi) is 9.88. The summed E-state index contributed by atoms with van der Waals surface area (Å²) in [6, 6.07) is 0. The molecule has 0 fully saturated rings. The Bertz CT molecular complexity index is 140. The highest BCUT2D eigenvalue weighted by molar-refractivity contribution is 5.67. The Labute approximate surface area is 87.2 Å². The molecule has 86 valence electrons. The fourth-order valence-corrected chi connectivity index (χ4v) is 0.459. The van der Waals surface area contributed by atoms with Crippen molar-refractivity contribution in [2.75, 3.05) is 13.1 Å². The van der Waals surface area contributed by atoms with Crippen LogP contribution in [0.15, 0.2) is 0 Å². The van der Waals surface area contributed by atoms with Gasteiger partial charge in [-0.1, -0.05) is 6.92 Å². The largest absolute Gasteiger partial charge is 0.444 e. The van der Waals surface area contributed by atoms with Gasteiger partial charge in [-0.3, -0.25) is 0 Å². The van der Waals surface area contributed by atoms with E-state index in [0.29, 0.717) is 6.54 Å². The van der Waals surface area contributed by atoms with Gasteiger partial charge in [0.25, 0.3) is 0 Å². The van der Waals surface area contributed by atoms with Gasteiger partial charge in [0.1, 0.15) is 5.60 Å². The smallest absolute Gasteiger partial charge is 0.407 e. The van der Waals surface area contributed by atoms with Crippen molar-refractivity contribution in [3.05, 3.63) is 0 Å². The zero-order valence-electron chi connectivity index (χ0n) is 10.0. The van der Waals surface area contributed by atoms with Crippen molar-refractivity contribution >= 4 is 6.09 Å². The minimum atomic E-state index is -0.390. The molecule has 0 aliphatic heterocycles. The third-order valence-electron chi connectivity index (χ3n) is 1.01. The number of rotatable bonds is 2. The van der Waals surface area contributed by atoms with Gasteiger partial charge in [-0.05, 0) is 40.7 Å². The van der Waals surface area contributed by atoms with Crippen molar-refractivity contribution in [1.82, 2.24) is 5.32 Å². The summed E-state index contributed by atoms with van der Waals surface area (Å²) in [6.45, 7) is 10.8. The maximum absolute atomic E-state index is 10.7. The van der Waals surface area contributed by atoms with Crippen LogP contribution in [0.3, 0.4) is 0 Å². The molecular weight excluding hydrogens is 180 g/mol. The van der Waals surface area contributed by atoms with Gasteiger partial charge in [-0.15, -0.1) is 0 Å². The Morgan fingerprint density at radius 3 is 2.00 bits per heavy atom. The molecule has 0 saturated carbocycles. The van der Waals surface area contributed by atoms with Crippen LogP contribution in [0.5, 0.6) is 0 Å². The second-order valence-corrected chi connectivity index (χ2v) is 3.82. The highest BCUT2D eigenvalue weighted by atomic mass is 16.6. The molecule has 0 bridgehead atoms. The van der Waals surface area contributed by atoms with Crippen molar-refractivity contribution < 1.29 is 9.53 Å². The maximum Gasteiger partial charge on any atom is 0.407 e. The van der Waals surface area contributed by atoms with Gasteiger partial charge in [-0.25, -0.2) is 4.79 Å². The topological polar surface area (TPSA) is 64.3 Å². The molecular formula is C10H24N2O2. The van der Waals surface area contributed by atoms with E-state index < -0.39 is 0 Å². The Hall–Kier alpha value is -0.770. The highest BCUT2D eigenvalue weighted by Gasteiger charge is 2.14. The van der Waals surface area contributed by atoms with Gasteiger partial charge < -0.3 is 15.8 Å². The molecule has 1 amide bonds. The zero-order valence-corrected chi connectivity index (χ0v) is 10.0. The molecule has 14 heavy (non-hydrogen) atoms. The standard InChI is InChI=1S/C7H15NO2.C3H9N/c1-5-8-6(9)10-7(2,3)4;1-2-3-4/h5H2,1-4H3,(H,8,9);2-4H2,1H3. The van der Waals surface area contributed by atoms with Crippen LogP contribution < -0.4 is 11.1 Å². The first kappa shape index (κ1) is 15.7. The molecule has 0 unspecified atom stereocenters. The summed E-state index contributed by atoms with van der Waals surface area (Å²) in [6.07, 6.45) is 0.745. The molecule has 3 N–H and O–H groups in total. The van der Waals surface area contributed by atoms with E-state index in [1.807, 2.05) is 27.7 Å². The molecule has 0 aromatic carbocycles. The molecule has 4 heteroatoms. The number of hydrogen-bond donors (Lipinski definition) is 2. The molecule has 0 aromatic heterocycles. The molecule has 0 atom stereocenters. The van der Waals surface area contributed by atoms with E-state index in [9.17, 15) is 4.79 Å². The number of alkyl carbamates (subject to hydrolysis) is 1. The summed E-state index contributed by atoms with van der Waals surface area (Å²) in [4.78, 5) is 10.7. The number of carbonyl (C=O) groups excluding carboxylic acids is 1. The fraction of sp³-hybridized carbons (Fsp3) is 0.900. The number of amides is 1. The average Bonchev–Trinajstić information content (AvgIpc) is 2.02. The van der Waals surface area contributed by atoms with Crippen LogP contribution >= 0.6 is 0 Å². The van der Waals surface area contributed by atoms with Gasteiger partial charge in [0.2, 0.25) is 0 Å². The lowest BCUT2D eigenvalue weighted by Crippen LogP contribution is -2.32. The summed E-state index contributed by atoms with van der Waals surface area (Å²) in [7, 11) is 0. The van der Waals surface area contributed by atoms with Crippen LogP contribution in [0.1, 0.15) is 41.0 Å². The third-order valence-corrected chi connectivity index (χ3v) is 1.01. The molecule has 0 radical (unpaired) electrons. The van der Waals surface area contributed by atoms with Crippen molar-refractivity contribution in [2.45, 2.75) is 46.6 Å². The van der Waals surface area contributed by atoms with E-state index >= 15 is 0 Å². The summed E-state index contributed by atoms with van der Waals surface area (Å²) < 4.78 is 4.93. The molecule has 4 nitrogen and oxygen atoms in total. The van der Waals surface area contributed by atoms with Crippen LogP contribution in [-0.4, -0.2) is 24.8 Å². The van der Waals surface area contributed by atoms with Crippen LogP contribution in [0.25, 0.3) is 0 Å². The second kappa shape index (κ2) is 8.81. The van der Waals surface area contributed by atoms with Gasteiger partial charge in [0, 0.05) is 6.54 Å². The lowest BCUT2D eigenvalue weighted by atomic mass is 10.2. The van der Waals surface area contributed by atoms with E-state index in [2.05, 4.69) is 12.2 Å². The predicted octanol–water partition coefficient (Wildman–Crippen LogP) is 1.89. The normalized spacial score (nSPS) is 9.86. The molecule has 0 heterocycles. The summed E-state index contributed by atoms with van der Waals surface area (Å²) in [5.74, 6) is 0. The van der Waals surface area contributed by atoms with Crippen LogP contribution in [0.2, 0.25) is 0 Å². The van der Waals surface area contributed by atoms with E-state index in [-0.39, 0.29) is 11.7 Å². The Morgan fingerprint density at radius 2 is 1.79 bits per heavy atom. The second-order valence-electron chi connectivity index (χ2n) is 3.82. The molecule has 0 aliphatic carbocycles. The number of carbonyl (C=O) groups is 1. The highest BCUT2D eigenvalue weighted by Crippen LogP contribution is 2.05. The number of nitrogens with two attached hydrogens (primary N) is 1. The minimum Gasteiger partial charge on any atom is -0.444 e. The van der Waals surface area contributed by atoms with Crippen molar-refractivity contribution in [3.8, 4) is 0 Å². The first-order chi connectivity index (χ1) is 6.37. The lowest BCUT2D eigenvalue weighted by Gasteiger charge is -2.19. The summed E-state index contributed by atoms with van der Waals surface area (Å²) >= 11 is 0. The van der Waals surface area contributed by atoms with Gasteiger partial charge in [0.15, 0.2) is 0 Å². The molecule has 0 saturated heterocycles. The average molecular weight is 204 g/mol. The van der Waals surface area contributed by atoms with Crippen molar-refractivity contribution in [3.63, 3.8) is 0 Å². The SMILES string of the molecule is CCCN.CCNC(=O)OC(C)(C)C. The predicted molar refractivity (Wildman–Crippen MR) is 59.3 cm³/mol. The van der Waals surface area contributed by atoms with E-state index in [1.165, 1.54) is 0 Å². The monoisotopic (exact) mass is 204 g/mol. The van der Waals surface area contributed by atoms with Crippen molar-refractivity contribution in [1.29, 1.82) is 0 Å². The Morgan fingerprint density at radius 1 is 1.36 bits per heavy atom. The third kappa shape index (κ3) is 17.4. The number of hydrogen-bond acceptors (Lipinski definition) is 3. The Balaban J connectivity index is 0. The van der Waals surface area contributed by atoms with Crippen LogP contribution in [0, 0.1) is 0 Å². The summed E-state index contributed by atoms with van der Waals surface area (Å²) in [5.41, 5.74) is 4.64. The first-order valence-corrected chi connectivity index (χ1v) is 5.04. The fourth-order valence-electron chi connectivity index (χ4n) is 0.459. The van der Waals surface area contributed by atoms with E-state index in [4.69, 9.17) is 10.5 Å². The molecule has 0 rings (SSSR count). The maximum atomic E-state index is 10.7. The van der Waals surface area contributed by atoms with Crippen LogP contribution in [-0.2, 0) is 4.74 Å². The van der Waals surface area contributed by atoms with Gasteiger partial charge in [0.05, 0.1) is 0 Å². The number of nitrogens with one attached hydrogen (secondary N) is 1. The van der Waals surface area contributed by atoms with Crippen LogP contribution in [0.4, 0.5) is 4.79 Å². The van der Waals surface area contributed by atoms with Gasteiger partial charge in [-0.2, -0.15) is 0 Å². The van der Waals surface area contributed by atoms with Crippen molar-refractivity contribution in [2.24, 2.45) is 5.73 Å². The lowest BCUT2D eigenvalue weighted by molar-refractivity contribution is 0.0531. The van der Waals surface area contributed by atoms with E-state index in [0.717, 1.165) is 13.0 Å². The van der Waals surface area contributed by atoms with E-state index in [1.54, 1.807) is 0 Å². The zero-order chi connectivity index (χ0) is 11.6. The molecule has 0 aliphatic rings. The number of ether oxygens (including phenoxy) is 1. The quantitative estimate of drug-likeness (QED) is 0.722. The first-order valence-electron chi connectivity index (χ1n) is 5.04.